The summed E-state index contributed by atoms with van der Waals surface area (Å²) in [7, 11) is 0. The monoisotopic (exact) mass is 224 g/mol. The van der Waals surface area contributed by atoms with Crippen LogP contribution in [0, 0.1) is 0 Å². The number of carbonyl (C=O) groups is 1. The van der Waals surface area contributed by atoms with Crippen LogP contribution < -0.4 is 0 Å². The fraction of sp³-hybridized carbons (Fsp3) is 0.667. The average molecular weight is 226 g/mol. The third-order valence-corrected chi connectivity index (χ3v) is 1.47. The number of cyclic esters (lactones) is 1. The molecule has 0 aromatic heterocycles. The minimum atomic E-state index is -2.09. The molecule has 0 N–H and O–H groups in total. The molecule has 0 unspecified atom stereocenters. The predicted molar refractivity (Wildman–Crippen MR) is 36.1 cm³/mol. The molecular weight excluding hydrogens is 226 g/mol. The fourth-order valence-corrected chi connectivity index (χ4v) is 1.20. The summed E-state index contributed by atoms with van der Waals surface area (Å²) in [6.45, 7) is 0. The standard InChI is InChI=1S/C3Cl4O3/c4-2(5)1(8)9-3(6,7)10-2. The smallest absolute Gasteiger partial charge is 0.380 e. The SMILES string of the molecule is O=C1OC(Cl)(Cl)OC1(Cl)Cl. The first kappa shape index (κ1) is 8.68. The van der Waals surface area contributed by atoms with Gasteiger partial charge < -0.3 is 4.74 Å². The Morgan fingerprint density at radius 3 is 1.80 bits per heavy atom. The highest BCUT2D eigenvalue weighted by molar-refractivity contribution is 6.58. The molecule has 0 spiro atoms. The quantitative estimate of drug-likeness (QED) is 0.466. The Morgan fingerprint density at radius 1 is 1.20 bits per heavy atom. The Labute approximate surface area is 76.1 Å². The molecule has 1 rings (SSSR count). The molecular formula is C3Cl4O3. The van der Waals surface area contributed by atoms with Gasteiger partial charge in [-0.2, -0.15) is 0 Å². The van der Waals surface area contributed by atoms with Crippen LogP contribution >= 0.6 is 46.4 Å². The fourth-order valence-electron chi connectivity index (χ4n) is 0.379. The highest BCUT2D eigenvalue weighted by Crippen LogP contribution is 2.43. The lowest BCUT2D eigenvalue weighted by Gasteiger charge is -2.08. The van der Waals surface area contributed by atoms with Gasteiger partial charge in [0.2, 0.25) is 0 Å². The highest BCUT2D eigenvalue weighted by atomic mass is 35.5. The molecule has 1 heterocycles. The topological polar surface area (TPSA) is 35.5 Å². The van der Waals surface area contributed by atoms with Gasteiger partial charge in [-0.15, -0.1) is 0 Å². The van der Waals surface area contributed by atoms with Gasteiger partial charge in [0, 0.05) is 0 Å². The van der Waals surface area contributed by atoms with Crippen molar-refractivity contribution in [3.05, 3.63) is 0 Å². The van der Waals surface area contributed by atoms with Crippen LogP contribution in [-0.2, 0) is 14.3 Å². The summed E-state index contributed by atoms with van der Waals surface area (Å²) >= 11 is 20.8. The van der Waals surface area contributed by atoms with Crippen LogP contribution in [0.4, 0.5) is 0 Å². The summed E-state index contributed by atoms with van der Waals surface area (Å²) in [5.41, 5.74) is 0. The second kappa shape index (κ2) is 2.29. The molecule has 0 aromatic carbocycles. The third kappa shape index (κ3) is 1.60. The van der Waals surface area contributed by atoms with Crippen molar-refractivity contribution in [3.63, 3.8) is 0 Å². The summed E-state index contributed by atoms with van der Waals surface area (Å²) in [6.07, 6.45) is 0. The van der Waals surface area contributed by atoms with Crippen LogP contribution in [0.2, 0.25) is 0 Å². The number of hydrogen-bond acceptors (Lipinski definition) is 3. The van der Waals surface area contributed by atoms with Crippen LogP contribution in [0.15, 0.2) is 0 Å². The first-order valence-electron chi connectivity index (χ1n) is 2.03. The molecule has 10 heavy (non-hydrogen) atoms. The minimum absolute atomic E-state index is 1.03. The van der Waals surface area contributed by atoms with Crippen molar-refractivity contribution >= 4 is 52.4 Å². The normalized spacial score (nSPS) is 28.2. The number of esters is 1. The zero-order valence-electron chi connectivity index (χ0n) is 4.24. The molecule has 1 fully saturated rings. The molecule has 1 aliphatic rings. The lowest BCUT2D eigenvalue weighted by atomic mass is 10.7. The number of halogens is 4. The van der Waals surface area contributed by atoms with Crippen molar-refractivity contribution in [2.45, 2.75) is 9.22 Å². The van der Waals surface area contributed by atoms with Crippen molar-refractivity contribution in [1.82, 2.24) is 0 Å². The summed E-state index contributed by atoms with van der Waals surface area (Å²) in [5.74, 6) is -1.03. The summed E-state index contributed by atoms with van der Waals surface area (Å²) in [5, 5.41) is 0. The van der Waals surface area contributed by atoms with E-state index in [0.717, 1.165) is 0 Å². The summed E-state index contributed by atoms with van der Waals surface area (Å²) < 4.78 is 4.35. The number of rotatable bonds is 0. The lowest BCUT2D eigenvalue weighted by molar-refractivity contribution is -0.141. The molecule has 0 atom stereocenters. The number of carbonyl (C=O) groups excluding carboxylic acids is 1. The van der Waals surface area contributed by atoms with E-state index in [1.165, 1.54) is 0 Å². The van der Waals surface area contributed by atoms with Gasteiger partial charge in [0.1, 0.15) is 0 Å². The first-order valence-corrected chi connectivity index (χ1v) is 3.54. The van der Waals surface area contributed by atoms with Crippen molar-refractivity contribution in [2.24, 2.45) is 0 Å². The third-order valence-electron chi connectivity index (χ3n) is 0.696. The van der Waals surface area contributed by atoms with Crippen LogP contribution in [0.25, 0.3) is 0 Å². The molecule has 0 aromatic rings. The van der Waals surface area contributed by atoms with E-state index < -0.39 is 15.2 Å². The van der Waals surface area contributed by atoms with Gasteiger partial charge in [0.05, 0.1) is 0 Å². The maximum Gasteiger partial charge on any atom is 0.380 e. The number of hydrogen-bond donors (Lipinski definition) is 0. The molecule has 0 bridgehead atoms. The molecule has 1 aliphatic heterocycles. The van der Waals surface area contributed by atoms with Gasteiger partial charge in [-0.3, -0.25) is 4.74 Å². The van der Waals surface area contributed by atoms with E-state index in [0.29, 0.717) is 0 Å². The Kier molecular flexibility index (Phi) is 1.99. The highest BCUT2D eigenvalue weighted by Gasteiger charge is 2.55. The molecule has 0 amide bonds. The Bertz CT molecular complexity index is 177. The minimum Gasteiger partial charge on any atom is -0.401 e. The zero-order chi connectivity index (χ0) is 7.99. The lowest BCUT2D eigenvalue weighted by Crippen LogP contribution is -2.21. The molecule has 58 valence electrons. The van der Waals surface area contributed by atoms with E-state index in [4.69, 9.17) is 46.4 Å². The van der Waals surface area contributed by atoms with E-state index >= 15 is 0 Å². The zero-order valence-corrected chi connectivity index (χ0v) is 7.26. The average Bonchev–Trinajstić information content (AvgIpc) is 1.73. The maximum atomic E-state index is 10.5. The van der Waals surface area contributed by atoms with E-state index in [9.17, 15) is 4.79 Å². The number of alkyl halides is 4. The van der Waals surface area contributed by atoms with Crippen molar-refractivity contribution in [2.75, 3.05) is 0 Å². The second-order valence-corrected chi connectivity index (χ2v) is 3.92. The Hall–Kier alpha value is 0.590. The van der Waals surface area contributed by atoms with Gasteiger partial charge in [0.15, 0.2) is 0 Å². The van der Waals surface area contributed by atoms with E-state index in [-0.39, 0.29) is 0 Å². The van der Waals surface area contributed by atoms with Gasteiger partial charge in [-0.1, -0.05) is 23.2 Å². The predicted octanol–water partition coefficient (Wildman–Crippen LogP) is 1.78. The first-order chi connectivity index (χ1) is 4.33. The Balaban J connectivity index is 2.81. The molecule has 7 heteroatoms. The molecule has 0 aliphatic carbocycles. The molecule has 0 saturated carbocycles. The van der Waals surface area contributed by atoms with E-state index in [2.05, 4.69) is 9.47 Å². The van der Waals surface area contributed by atoms with Crippen molar-refractivity contribution in [1.29, 1.82) is 0 Å². The summed E-state index contributed by atoms with van der Waals surface area (Å²) in [6, 6.07) is 0. The van der Waals surface area contributed by atoms with Crippen molar-refractivity contribution < 1.29 is 14.3 Å². The van der Waals surface area contributed by atoms with Crippen LogP contribution in [0.3, 0.4) is 0 Å². The van der Waals surface area contributed by atoms with E-state index in [1.807, 2.05) is 0 Å². The van der Waals surface area contributed by atoms with Crippen LogP contribution in [-0.4, -0.2) is 15.2 Å². The molecule has 3 nitrogen and oxygen atoms in total. The van der Waals surface area contributed by atoms with Crippen LogP contribution in [0.5, 0.6) is 0 Å². The van der Waals surface area contributed by atoms with E-state index in [1.54, 1.807) is 0 Å². The maximum absolute atomic E-state index is 10.5. The molecule has 1 saturated heterocycles. The van der Waals surface area contributed by atoms with Crippen molar-refractivity contribution in [3.8, 4) is 0 Å². The second-order valence-electron chi connectivity index (χ2n) is 1.47. The van der Waals surface area contributed by atoms with Crippen LogP contribution in [0.1, 0.15) is 0 Å². The largest absolute Gasteiger partial charge is 0.401 e. The number of ether oxygens (including phenoxy) is 2. The van der Waals surface area contributed by atoms with Gasteiger partial charge in [-0.25, -0.2) is 4.79 Å². The summed E-state index contributed by atoms with van der Waals surface area (Å²) in [4.78, 5) is 10.5. The van der Waals surface area contributed by atoms with Gasteiger partial charge in [0.25, 0.3) is 0 Å². The molecule has 0 radical (unpaired) electrons. The van der Waals surface area contributed by atoms with Gasteiger partial charge >= 0.3 is 15.2 Å². The Morgan fingerprint density at radius 2 is 1.70 bits per heavy atom. The van der Waals surface area contributed by atoms with Gasteiger partial charge in [-0.05, 0) is 23.2 Å².